The minimum absolute atomic E-state index is 0.350. The van der Waals surface area contributed by atoms with Gasteiger partial charge in [-0.25, -0.2) is 9.97 Å². The summed E-state index contributed by atoms with van der Waals surface area (Å²) in [6.07, 6.45) is 3.33. The Balaban J connectivity index is 1.64. The third-order valence-corrected chi connectivity index (χ3v) is 4.47. The highest BCUT2D eigenvalue weighted by atomic mass is 16.5. The molecule has 0 aliphatic heterocycles. The van der Waals surface area contributed by atoms with Gasteiger partial charge in [-0.2, -0.15) is 4.98 Å². The van der Waals surface area contributed by atoms with Gasteiger partial charge in [-0.15, -0.1) is 0 Å². The number of aromatic amines is 1. The maximum Gasteiger partial charge on any atom is 0.229 e. The molecule has 0 unspecified atom stereocenters. The van der Waals surface area contributed by atoms with E-state index in [0.717, 1.165) is 22.2 Å². The Bertz CT molecular complexity index is 1150. The molecule has 0 spiro atoms. The van der Waals surface area contributed by atoms with Crippen molar-refractivity contribution in [3.05, 3.63) is 42.9 Å². The molecule has 2 aromatic heterocycles. The first-order valence-electron chi connectivity index (χ1n) is 8.76. The molecule has 4 N–H and O–H groups in total. The van der Waals surface area contributed by atoms with Crippen LogP contribution in [-0.2, 0) is 0 Å². The minimum atomic E-state index is 0.350. The van der Waals surface area contributed by atoms with E-state index in [4.69, 9.17) is 19.9 Å². The van der Waals surface area contributed by atoms with Crippen molar-refractivity contribution < 1.29 is 14.2 Å². The Morgan fingerprint density at radius 1 is 0.966 bits per heavy atom. The highest BCUT2D eigenvalue weighted by Crippen LogP contribution is 2.40. The topological polar surface area (TPSA) is 120 Å². The number of fused-ring (bicyclic) bond motifs is 1. The van der Waals surface area contributed by atoms with Gasteiger partial charge in [-0.3, -0.25) is 0 Å². The molecule has 9 heteroatoms. The van der Waals surface area contributed by atoms with Crippen molar-refractivity contribution in [2.75, 3.05) is 32.4 Å². The molecule has 4 aromatic rings. The number of H-pyrrole nitrogens is 1. The minimum Gasteiger partial charge on any atom is -0.493 e. The van der Waals surface area contributed by atoms with Crippen LogP contribution in [0.2, 0.25) is 0 Å². The van der Waals surface area contributed by atoms with E-state index in [0.29, 0.717) is 34.7 Å². The van der Waals surface area contributed by atoms with Crippen LogP contribution in [0, 0.1) is 0 Å². The molecule has 0 saturated carbocycles. The zero-order valence-electron chi connectivity index (χ0n) is 16.2. The smallest absolute Gasteiger partial charge is 0.229 e. The normalized spacial score (nSPS) is 10.7. The molecule has 0 amide bonds. The second kappa shape index (κ2) is 7.55. The number of imidazole rings is 1. The quantitative estimate of drug-likeness (QED) is 0.457. The molecular formula is C20H20N6O3. The van der Waals surface area contributed by atoms with E-state index in [1.165, 1.54) is 0 Å². The molecule has 0 fully saturated rings. The van der Waals surface area contributed by atoms with E-state index in [2.05, 4.69) is 25.3 Å². The number of aromatic nitrogens is 4. The lowest BCUT2D eigenvalue weighted by Crippen LogP contribution is -2.03. The highest BCUT2D eigenvalue weighted by Gasteiger charge is 2.14. The van der Waals surface area contributed by atoms with Gasteiger partial charge in [0.05, 0.1) is 38.7 Å². The number of nitrogens with zero attached hydrogens (tertiary/aromatic N) is 3. The van der Waals surface area contributed by atoms with Crippen LogP contribution >= 0.6 is 0 Å². The van der Waals surface area contributed by atoms with E-state index in [9.17, 15) is 0 Å². The zero-order valence-corrected chi connectivity index (χ0v) is 16.2. The first kappa shape index (κ1) is 18.4. The fourth-order valence-corrected chi connectivity index (χ4v) is 3.06. The number of nitrogens with one attached hydrogen (secondary N) is 2. The largest absolute Gasteiger partial charge is 0.493 e. The summed E-state index contributed by atoms with van der Waals surface area (Å²) in [5.41, 5.74) is 10.3. The Labute approximate surface area is 166 Å². The number of hydrogen-bond donors (Lipinski definition) is 3. The lowest BCUT2D eigenvalue weighted by atomic mass is 10.1. The molecule has 2 aromatic carbocycles. The molecule has 29 heavy (non-hydrogen) atoms. The third-order valence-electron chi connectivity index (χ3n) is 4.47. The van der Waals surface area contributed by atoms with Crippen molar-refractivity contribution in [3.63, 3.8) is 0 Å². The molecule has 0 atom stereocenters. The van der Waals surface area contributed by atoms with Crippen molar-refractivity contribution in [1.82, 2.24) is 19.9 Å². The number of anilines is 3. The summed E-state index contributed by atoms with van der Waals surface area (Å²) in [6.45, 7) is 0. The second-order valence-corrected chi connectivity index (χ2v) is 6.17. The van der Waals surface area contributed by atoms with E-state index >= 15 is 0 Å². The molecule has 0 aliphatic carbocycles. The van der Waals surface area contributed by atoms with Crippen LogP contribution in [0.5, 0.6) is 17.2 Å². The number of hydrogen-bond acceptors (Lipinski definition) is 8. The molecule has 0 aliphatic rings. The molecule has 4 rings (SSSR count). The highest BCUT2D eigenvalue weighted by molar-refractivity contribution is 5.84. The lowest BCUT2D eigenvalue weighted by molar-refractivity contribution is 0.324. The monoisotopic (exact) mass is 392 g/mol. The third kappa shape index (κ3) is 3.45. The van der Waals surface area contributed by atoms with E-state index in [1.54, 1.807) is 46.0 Å². The van der Waals surface area contributed by atoms with E-state index in [1.807, 2.05) is 18.2 Å². The molecule has 2 heterocycles. The Kier molecular flexibility index (Phi) is 4.78. The fraction of sp³-hybridized carbons (Fsp3) is 0.150. The summed E-state index contributed by atoms with van der Waals surface area (Å²) in [6, 6.07) is 9.35. The van der Waals surface area contributed by atoms with Crippen molar-refractivity contribution in [2.45, 2.75) is 0 Å². The van der Waals surface area contributed by atoms with Gasteiger partial charge in [-0.1, -0.05) is 6.07 Å². The van der Waals surface area contributed by atoms with Gasteiger partial charge in [0.2, 0.25) is 11.7 Å². The average molecular weight is 392 g/mol. The van der Waals surface area contributed by atoms with Gasteiger partial charge in [0.25, 0.3) is 0 Å². The molecule has 9 nitrogen and oxygen atoms in total. The summed E-state index contributed by atoms with van der Waals surface area (Å²) in [5.74, 6) is 2.25. The van der Waals surface area contributed by atoms with Crippen molar-refractivity contribution in [1.29, 1.82) is 0 Å². The van der Waals surface area contributed by atoms with Crippen LogP contribution in [0.3, 0.4) is 0 Å². The Hall–Kier alpha value is -4.01. The number of rotatable bonds is 6. The van der Waals surface area contributed by atoms with Crippen LogP contribution in [-0.4, -0.2) is 41.3 Å². The van der Waals surface area contributed by atoms with Gasteiger partial charge in [-0.05, 0) is 17.7 Å². The zero-order chi connectivity index (χ0) is 20.4. The second-order valence-electron chi connectivity index (χ2n) is 6.17. The number of methoxy groups -OCH3 is 3. The van der Waals surface area contributed by atoms with Crippen LogP contribution < -0.4 is 25.3 Å². The first-order valence-corrected chi connectivity index (χ1v) is 8.76. The molecular weight excluding hydrogens is 372 g/mol. The summed E-state index contributed by atoms with van der Waals surface area (Å²) < 4.78 is 16.1. The van der Waals surface area contributed by atoms with E-state index < -0.39 is 0 Å². The number of nitrogens with two attached hydrogens (primary N) is 1. The van der Waals surface area contributed by atoms with Crippen LogP contribution in [0.4, 0.5) is 17.5 Å². The average Bonchev–Trinajstić information content (AvgIpc) is 3.21. The Morgan fingerprint density at radius 3 is 2.38 bits per heavy atom. The van der Waals surface area contributed by atoms with Crippen molar-refractivity contribution >= 4 is 28.5 Å². The van der Waals surface area contributed by atoms with Crippen molar-refractivity contribution in [2.24, 2.45) is 0 Å². The summed E-state index contributed by atoms with van der Waals surface area (Å²) in [4.78, 5) is 16.1. The molecule has 148 valence electrons. The maximum absolute atomic E-state index is 6.20. The van der Waals surface area contributed by atoms with Crippen LogP contribution in [0.25, 0.3) is 22.2 Å². The summed E-state index contributed by atoms with van der Waals surface area (Å²) >= 11 is 0. The number of nitrogen functional groups attached to an aromatic ring is 1. The molecule has 0 bridgehead atoms. The van der Waals surface area contributed by atoms with Crippen LogP contribution in [0.15, 0.2) is 42.9 Å². The Morgan fingerprint density at radius 2 is 1.72 bits per heavy atom. The fourth-order valence-electron chi connectivity index (χ4n) is 3.06. The standard InChI is InChI=1S/C20H20N6O3/c1-27-16-7-12(8-17(28-2)18(16)29-3)25-20-22-9-13(19(21)26-20)11-4-5-14-15(6-11)24-10-23-14/h4-10H,1-3H3,(H,23,24)(H3,21,22,25,26). The molecule has 0 saturated heterocycles. The summed E-state index contributed by atoms with van der Waals surface area (Å²) in [7, 11) is 4.67. The predicted octanol–water partition coefficient (Wildman–Crippen LogP) is 3.37. The van der Waals surface area contributed by atoms with Crippen molar-refractivity contribution in [3.8, 4) is 28.4 Å². The van der Waals surface area contributed by atoms with Gasteiger partial charge in [0, 0.05) is 29.6 Å². The van der Waals surface area contributed by atoms with Gasteiger partial charge < -0.3 is 30.2 Å². The summed E-state index contributed by atoms with van der Waals surface area (Å²) in [5, 5.41) is 3.12. The SMILES string of the molecule is COc1cc(Nc2ncc(-c3ccc4nc[nH]c4c3)c(N)n2)cc(OC)c1OC. The predicted molar refractivity (Wildman–Crippen MR) is 111 cm³/mol. The van der Waals surface area contributed by atoms with Gasteiger partial charge in [0.15, 0.2) is 11.5 Å². The van der Waals surface area contributed by atoms with E-state index in [-0.39, 0.29) is 0 Å². The maximum atomic E-state index is 6.20. The number of ether oxygens (including phenoxy) is 3. The number of benzene rings is 2. The van der Waals surface area contributed by atoms with Crippen LogP contribution in [0.1, 0.15) is 0 Å². The first-order chi connectivity index (χ1) is 14.1. The van der Waals surface area contributed by atoms with Gasteiger partial charge >= 0.3 is 0 Å². The molecule has 0 radical (unpaired) electrons. The van der Waals surface area contributed by atoms with Gasteiger partial charge in [0.1, 0.15) is 5.82 Å². The lowest BCUT2D eigenvalue weighted by Gasteiger charge is -2.15.